The molecule has 1 aliphatic rings. The Morgan fingerprint density at radius 2 is 2.00 bits per heavy atom. The molecule has 0 aliphatic heterocycles. The van der Waals surface area contributed by atoms with E-state index in [1.54, 1.807) is 20.1 Å². The van der Waals surface area contributed by atoms with Crippen molar-refractivity contribution in [2.24, 2.45) is 11.8 Å². The van der Waals surface area contributed by atoms with Crippen LogP contribution < -0.4 is 14.9 Å². The van der Waals surface area contributed by atoms with Crippen LogP contribution in [0.4, 0.5) is 16.4 Å². The number of aromatic nitrogens is 3. The lowest BCUT2D eigenvalue weighted by Gasteiger charge is -2.26. The second-order valence-electron chi connectivity index (χ2n) is 10.3. The minimum Gasteiger partial charge on any atom is -0.465 e. The fourth-order valence-electron chi connectivity index (χ4n) is 4.48. The smallest absolute Gasteiger partial charge is 0.405 e. The largest absolute Gasteiger partial charge is 0.465 e. The molecule has 216 valence electrons. The van der Waals surface area contributed by atoms with Gasteiger partial charge in [-0.05, 0) is 36.8 Å². The Kier molecular flexibility index (Phi) is 8.86. The predicted octanol–water partition coefficient (Wildman–Crippen LogP) is 3.99. The third-order valence-electron chi connectivity index (χ3n) is 6.76. The second-order valence-corrected chi connectivity index (χ2v) is 12.4. The van der Waals surface area contributed by atoms with Crippen LogP contribution in [-0.2, 0) is 26.7 Å². The van der Waals surface area contributed by atoms with Crippen LogP contribution in [0, 0.1) is 11.8 Å². The van der Waals surface area contributed by atoms with Gasteiger partial charge in [-0.1, -0.05) is 48.9 Å². The van der Waals surface area contributed by atoms with Crippen molar-refractivity contribution in [2.45, 2.75) is 32.2 Å². The standard InChI is InChI=1S/C26H33ClN6O6S/c1-16-12-18(16)15-33(10-11-38-3)20-13-19(21(27)22(28-20)32-40(4,36)37)23-30-31-24(39-23)26(2,29-25(34)35)14-17-8-6-5-7-9-17/h5-9,13,16,18,29H,10-12,14-15H2,1-4H3,(H,28,32)(H,34,35)/t16-,18+,26-/m1/s1. The first kappa shape index (κ1) is 29.6. The van der Waals surface area contributed by atoms with Crippen molar-refractivity contribution in [2.75, 3.05) is 42.7 Å². The van der Waals surface area contributed by atoms with Crippen molar-refractivity contribution in [3.63, 3.8) is 0 Å². The molecule has 12 nitrogen and oxygen atoms in total. The summed E-state index contributed by atoms with van der Waals surface area (Å²) < 4.78 is 38.0. The van der Waals surface area contributed by atoms with Gasteiger partial charge in [0.1, 0.15) is 11.4 Å². The minimum absolute atomic E-state index is 0.0156. The van der Waals surface area contributed by atoms with E-state index < -0.39 is 21.7 Å². The van der Waals surface area contributed by atoms with Gasteiger partial charge in [0.2, 0.25) is 21.8 Å². The van der Waals surface area contributed by atoms with Gasteiger partial charge in [-0.3, -0.25) is 4.72 Å². The number of ether oxygens (including phenoxy) is 1. The summed E-state index contributed by atoms with van der Waals surface area (Å²) in [5.41, 5.74) is -0.160. The third-order valence-corrected chi connectivity index (χ3v) is 7.70. The first-order valence-electron chi connectivity index (χ1n) is 12.7. The van der Waals surface area contributed by atoms with Crippen molar-refractivity contribution >= 4 is 39.4 Å². The normalized spacial score (nSPS) is 18.1. The number of anilines is 2. The molecule has 0 saturated heterocycles. The van der Waals surface area contributed by atoms with Crippen molar-refractivity contribution in [1.29, 1.82) is 0 Å². The van der Waals surface area contributed by atoms with E-state index in [1.807, 2.05) is 35.2 Å². The molecule has 2 aromatic heterocycles. The van der Waals surface area contributed by atoms with Crippen LogP contribution in [-0.4, -0.2) is 67.9 Å². The molecular weight excluding hydrogens is 560 g/mol. The topological polar surface area (TPSA) is 160 Å². The molecule has 3 atom stereocenters. The number of carbonyl (C=O) groups is 1. The number of hydrogen-bond acceptors (Lipinski definition) is 9. The summed E-state index contributed by atoms with van der Waals surface area (Å²) in [6.45, 7) is 5.46. The van der Waals surface area contributed by atoms with Crippen molar-refractivity contribution in [1.82, 2.24) is 20.5 Å². The van der Waals surface area contributed by atoms with Gasteiger partial charge in [-0.25, -0.2) is 18.2 Å². The summed E-state index contributed by atoms with van der Waals surface area (Å²) in [5, 5.41) is 20.3. The van der Waals surface area contributed by atoms with Crippen LogP contribution in [0.15, 0.2) is 40.8 Å². The second kappa shape index (κ2) is 12.0. The molecule has 2 heterocycles. The molecule has 0 radical (unpaired) electrons. The van der Waals surface area contributed by atoms with Gasteiger partial charge in [0.25, 0.3) is 0 Å². The van der Waals surface area contributed by atoms with Gasteiger partial charge in [0.05, 0.1) is 23.4 Å². The van der Waals surface area contributed by atoms with Crippen molar-refractivity contribution < 1.29 is 27.5 Å². The maximum atomic E-state index is 12.1. The van der Waals surface area contributed by atoms with E-state index in [-0.39, 0.29) is 34.6 Å². The van der Waals surface area contributed by atoms with Gasteiger partial charge >= 0.3 is 6.09 Å². The zero-order valence-corrected chi connectivity index (χ0v) is 24.3. The van der Waals surface area contributed by atoms with Gasteiger partial charge in [0, 0.05) is 26.6 Å². The molecule has 0 spiro atoms. The molecule has 3 N–H and O–H groups in total. The summed E-state index contributed by atoms with van der Waals surface area (Å²) in [5.74, 6) is 1.42. The van der Waals surface area contributed by atoms with Crippen LogP contribution in [0.25, 0.3) is 11.5 Å². The van der Waals surface area contributed by atoms with Crippen LogP contribution in [0.3, 0.4) is 0 Å². The zero-order chi connectivity index (χ0) is 29.1. The number of sulfonamides is 1. The molecule has 0 unspecified atom stereocenters. The first-order valence-corrected chi connectivity index (χ1v) is 15.0. The van der Waals surface area contributed by atoms with Gasteiger partial charge in [-0.15, -0.1) is 10.2 Å². The molecule has 4 rings (SSSR count). The van der Waals surface area contributed by atoms with Crippen molar-refractivity contribution in [3.8, 4) is 11.5 Å². The molecule has 40 heavy (non-hydrogen) atoms. The fourth-order valence-corrected chi connectivity index (χ4v) is 5.26. The van der Waals surface area contributed by atoms with E-state index in [9.17, 15) is 18.3 Å². The van der Waals surface area contributed by atoms with E-state index in [2.05, 4.69) is 32.1 Å². The van der Waals surface area contributed by atoms with Gasteiger partial charge in [-0.2, -0.15) is 0 Å². The van der Waals surface area contributed by atoms with E-state index in [0.29, 0.717) is 37.4 Å². The summed E-state index contributed by atoms with van der Waals surface area (Å²) in [7, 11) is -2.12. The number of amides is 1. The predicted molar refractivity (Wildman–Crippen MR) is 151 cm³/mol. The van der Waals surface area contributed by atoms with Crippen LogP contribution in [0.2, 0.25) is 5.02 Å². The highest BCUT2D eigenvalue weighted by Gasteiger charge is 2.37. The number of nitrogens with zero attached hydrogens (tertiary/aromatic N) is 4. The minimum atomic E-state index is -3.73. The van der Waals surface area contributed by atoms with Crippen LogP contribution in [0.1, 0.15) is 31.7 Å². The Bertz CT molecular complexity index is 1450. The lowest BCUT2D eigenvalue weighted by molar-refractivity contribution is 0.172. The number of rotatable bonds is 13. The number of nitrogens with one attached hydrogen (secondary N) is 2. The first-order chi connectivity index (χ1) is 18.9. The molecule has 3 aromatic rings. The lowest BCUT2D eigenvalue weighted by Crippen LogP contribution is -2.44. The molecule has 1 saturated carbocycles. The third kappa shape index (κ3) is 7.40. The molecular formula is C26H33ClN6O6S. The Morgan fingerprint density at radius 3 is 2.60 bits per heavy atom. The Balaban J connectivity index is 1.77. The van der Waals surface area contributed by atoms with E-state index in [0.717, 1.165) is 18.2 Å². The molecule has 1 fully saturated rings. The highest BCUT2D eigenvalue weighted by atomic mass is 35.5. The highest BCUT2D eigenvalue weighted by Crippen LogP contribution is 2.41. The number of carboxylic acid groups (broad SMARTS) is 1. The lowest BCUT2D eigenvalue weighted by atomic mass is 9.93. The number of methoxy groups -OCH3 is 1. The molecule has 1 amide bonds. The summed E-state index contributed by atoms with van der Waals surface area (Å²) in [6.07, 6.45) is 1.07. The summed E-state index contributed by atoms with van der Waals surface area (Å²) in [4.78, 5) is 18.2. The number of hydrogen-bond donors (Lipinski definition) is 3. The average Bonchev–Trinajstić information content (AvgIpc) is 3.33. The van der Waals surface area contributed by atoms with E-state index in [4.69, 9.17) is 20.8 Å². The van der Waals surface area contributed by atoms with Gasteiger partial charge in [0.15, 0.2) is 5.82 Å². The SMILES string of the molecule is COCCN(C[C@@H]1C[C@H]1C)c1cc(-c2nnc([C@@](C)(Cc3ccccc3)NC(=O)O)o2)c(Cl)c(NS(C)(=O)=O)n1. The zero-order valence-electron chi connectivity index (χ0n) is 22.7. The Labute approximate surface area is 238 Å². The molecule has 1 aliphatic carbocycles. The quantitative estimate of drug-likeness (QED) is 0.265. The monoisotopic (exact) mass is 592 g/mol. The fraction of sp³-hybridized carbons (Fsp3) is 0.462. The maximum Gasteiger partial charge on any atom is 0.405 e. The molecule has 0 bridgehead atoms. The van der Waals surface area contributed by atoms with Crippen LogP contribution >= 0.6 is 11.6 Å². The van der Waals surface area contributed by atoms with Crippen LogP contribution in [0.5, 0.6) is 0 Å². The maximum absolute atomic E-state index is 12.1. The van der Waals surface area contributed by atoms with E-state index in [1.165, 1.54) is 0 Å². The number of halogens is 1. The summed E-state index contributed by atoms with van der Waals surface area (Å²) in [6, 6.07) is 11.0. The number of benzene rings is 1. The van der Waals surface area contributed by atoms with Crippen molar-refractivity contribution in [3.05, 3.63) is 52.9 Å². The Hall–Kier alpha value is -3.42. The Morgan fingerprint density at radius 1 is 1.30 bits per heavy atom. The summed E-state index contributed by atoms with van der Waals surface area (Å²) >= 11 is 6.64. The number of pyridine rings is 1. The highest BCUT2D eigenvalue weighted by molar-refractivity contribution is 7.92. The molecule has 1 aromatic carbocycles. The molecule has 14 heteroatoms. The van der Waals surface area contributed by atoms with E-state index >= 15 is 0 Å². The average molecular weight is 593 g/mol. The van der Waals surface area contributed by atoms with Gasteiger partial charge < -0.3 is 24.5 Å².